The quantitative estimate of drug-likeness (QED) is 0.0406. The molecular formula is C43H59N5O7S2. The summed E-state index contributed by atoms with van der Waals surface area (Å²) in [7, 11) is 2.41. The van der Waals surface area contributed by atoms with Crippen LogP contribution in [0.15, 0.2) is 114 Å². The SMILES string of the molecule is CC/C=C\C/C=C\C/C=C\C/C=C\C/C=C\C/C=C\CCC(=O)N[C@@H](CSSC(C)(C)[C@H](NC(=O)c1cc(-c2ccccc2)on1)C(=O)NC[C@@H](O)CO)C(N)=O. The third-order valence-corrected chi connectivity index (χ3v) is 11.4. The number of hydrogen-bond donors (Lipinski definition) is 6. The van der Waals surface area contributed by atoms with Gasteiger partial charge in [0.25, 0.3) is 5.91 Å². The monoisotopic (exact) mass is 821 g/mol. The zero-order valence-electron chi connectivity index (χ0n) is 33.2. The highest BCUT2D eigenvalue weighted by Gasteiger charge is 2.38. The molecule has 57 heavy (non-hydrogen) atoms. The van der Waals surface area contributed by atoms with Gasteiger partial charge in [0.1, 0.15) is 12.1 Å². The van der Waals surface area contributed by atoms with Crippen molar-refractivity contribution >= 4 is 45.2 Å². The topological polar surface area (TPSA) is 197 Å². The van der Waals surface area contributed by atoms with Crippen molar-refractivity contribution in [3.8, 4) is 11.3 Å². The molecule has 0 saturated heterocycles. The van der Waals surface area contributed by atoms with Crippen molar-refractivity contribution in [1.29, 1.82) is 0 Å². The van der Waals surface area contributed by atoms with Crippen LogP contribution >= 0.6 is 21.6 Å². The summed E-state index contributed by atoms with van der Waals surface area (Å²) in [5, 5.41) is 30.8. The van der Waals surface area contributed by atoms with E-state index in [1.54, 1.807) is 26.0 Å². The number of nitrogens with one attached hydrogen (secondary N) is 3. The maximum absolute atomic E-state index is 13.3. The van der Waals surface area contributed by atoms with Gasteiger partial charge in [-0.2, -0.15) is 0 Å². The predicted octanol–water partition coefficient (Wildman–Crippen LogP) is 6.52. The minimum Gasteiger partial charge on any atom is -0.394 e. The van der Waals surface area contributed by atoms with Gasteiger partial charge in [-0.1, -0.05) is 137 Å². The van der Waals surface area contributed by atoms with E-state index in [4.69, 9.17) is 10.3 Å². The van der Waals surface area contributed by atoms with Crippen molar-refractivity contribution in [2.75, 3.05) is 18.9 Å². The van der Waals surface area contributed by atoms with Crippen LogP contribution in [0.1, 0.15) is 82.6 Å². The Morgan fingerprint density at radius 3 is 1.96 bits per heavy atom. The molecule has 2 rings (SSSR count). The first-order chi connectivity index (χ1) is 27.5. The molecule has 310 valence electrons. The molecule has 2 aromatic rings. The van der Waals surface area contributed by atoms with Gasteiger partial charge < -0.3 is 36.4 Å². The molecule has 3 atom stereocenters. The van der Waals surface area contributed by atoms with Gasteiger partial charge in [-0.3, -0.25) is 19.2 Å². The van der Waals surface area contributed by atoms with E-state index in [1.807, 2.05) is 30.4 Å². The van der Waals surface area contributed by atoms with Crippen molar-refractivity contribution in [2.45, 2.75) is 95.1 Å². The Morgan fingerprint density at radius 1 is 0.860 bits per heavy atom. The maximum atomic E-state index is 13.3. The number of aliphatic hydroxyl groups excluding tert-OH is 2. The van der Waals surface area contributed by atoms with E-state index < -0.39 is 47.3 Å². The molecule has 0 unspecified atom stereocenters. The molecule has 12 nitrogen and oxygen atoms in total. The van der Waals surface area contributed by atoms with E-state index in [0.29, 0.717) is 17.7 Å². The van der Waals surface area contributed by atoms with Crippen LogP contribution in [-0.4, -0.2) is 80.8 Å². The summed E-state index contributed by atoms with van der Waals surface area (Å²) in [5.74, 6) is -1.84. The lowest BCUT2D eigenvalue weighted by Gasteiger charge is -2.33. The number of allylic oxidation sites excluding steroid dienone is 12. The Hall–Kier alpha value is -4.63. The third-order valence-electron chi connectivity index (χ3n) is 8.08. The summed E-state index contributed by atoms with van der Waals surface area (Å²) in [6.07, 6.45) is 30.4. The van der Waals surface area contributed by atoms with Crippen molar-refractivity contribution < 1.29 is 33.9 Å². The average Bonchev–Trinajstić information content (AvgIpc) is 3.70. The summed E-state index contributed by atoms with van der Waals surface area (Å²) in [4.78, 5) is 51.5. The Labute approximate surface area is 345 Å². The zero-order valence-corrected chi connectivity index (χ0v) is 34.8. The van der Waals surface area contributed by atoms with Gasteiger partial charge in [0.15, 0.2) is 11.5 Å². The first-order valence-corrected chi connectivity index (χ1v) is 21.5. The zero-order chi connectivity index (χ0) is 41.7. The highest BCUT2D eigenvalue weighted by atomic mass is 33.1. The number of aliphatic hydroxyl groups is 2. The van der Waals surface area contributed by atoms with Crippen LogP contribution < -0.4 is 21.7 Å². The second kappa shape index (κ2) is 28.7. The number of primary amides is 1. The number of rotatable bonds is 28. The molecule has 14 heteroatoms. The van der Waals surface area contributed by atoms with E-state index in [9.17, 15) is 29.4 Å². The molecule has 4 amide bonds. The summed E-state index contributed by atoms with van der Waals surface area (Å²) in [6, 6.07) is 8.42. The van der Waals surface area contributed by atoms with Crippen LogP contribution in [0.25, 0.3) is 11.3 Å². The number of amides is 4. The standard InChI is InChI=1S/C43H59N5O7S2/c1-4-5-6-7-8-9-10-11-12-13-14-15-16-17-18-19-20-21-25-28-38(51)46-36(40(44)52)32-56-57-43(2,3)39(42(54)45-30-34(50)31-49)47-41(53)35-29-37(55-48-35)33-26-23-22-24-27-33/h5-6,8-9,11-12,14-15,17-18,20-24,26-27,29,34,36,39,49-50H,4,7,10,13,16,19,25,28,30-32H2,1-3H3,(H2,44,52)(H,45,54)(H,46,51)(H,47,53)/b6-5-,9-8-,12-11-,15-14-,18-17-,21-20-/t34-,36+,39-/m1/s1. The van der Waals surface area contributed by atoms with E-state index >= 15 is 0 Å². The Kier molecular flexibility index (Phi) is 24.4. The van der Waals surface area contributed by atoms with E-state index in [-0.39, 0.29) is 30.3 Å². The Morgan fingerprint density at radius 2 is 1.42 bits per heavy atom. The van der Waals surface area contributed by atoms with Crippen molar-refractivity contribution in [2.24, 2.45) is 5.73 Å². The minimum absolute atomic E-state index is 0.0454. The van der Waals surface area contributed by atoms with Gasteiger partial charge in [0, 0.05) is 35.1 Å². The van der Waals surface area contributed by atoms with Gasteiger partial charge in [-0.15, -0.1) is 0 Å². The summed E-state index contributed by atoms with van der Waals surface area (Å²) < 4.78 is 4.35. The van der Waals surface area contributed by atoms with Crippen molar-refractivity contribution in [3.63, 3.8) is 0 Å². The van der Waals surface area contributed by atoms with Gasteiger partial charge in [-0.05, 0) is 58.8 Å². The molecule has 0 fully saturated rings. The van der Waals surface area contributed by atoms with Crippen LogP contribution in [0, 0.1) is 0 Å². The summed E-state index contributed by atoms with van der Waals surface area (Å²) in [6.45, 7) is 4.77. The predicted molar refractivity (Wildman–Crippen MR) is 232 cm³/mol. The number of carbonyl (C=O) groups excluding carboxylic acids is 4. The first kappa shape index (κ1) is 48.5. The lowest BCUT2D eigenvalue weighted by Crippen LogP contribution is -2.57. The molecule has 0 aliphatic rings. The second-order valence-electron chi connectivity index (χ2n) is 13.4. The number of nitrogens with zero attached hydrogens (tertiary/aromatic N) is 1. The fraction of sp³-hybridized carbons (Fsp3) is 0.419. The van der Waals surface area contributed by atoms with Gasteiger partial charge >= 0.3 is 0 Å². The van der Waals surface area contributed by atoms with Crippen LogP contribution in [-0.2, 0) is 14.4 Å². The maximum Gasteiger partial charge on any atom is 0.274 e. The van der Waals surface area contributed by atoms with Crippen molar-refractivity contribution in [3.05, 3.63) is 115 Å². The second-order valence-corrected chi connectivity index (χ2v) is 16.4. The largest absolute Gasteiger partial charge is 0.394 e. The van der Waals surface area contributed by atoms with E-state index in [0.717, 1.165) is 38.5 Å². The average molecular weight is 822 g/mol. The molecule has 0 saturated carbocycles. The lowest BCUT2D eigenvalue weighted by atomic mass is 10.0. The molecular weight excluding hydrogens is 763 g/mol. The Bertz CT molecular complexity index is 1690. The lowest BCUT2D eigenvalue weighted by molar-refractivity contribution is -0.126. The van der Waals surface area contributed by atoms with Gasteiger partial charge in [0.2, 0.25) is 17.7 Å². The number of aromatic nitrogens is 1. The van der Waals surface area contributed by atoms with Gasteiger partial charge in [0.05, 0.1) is 12.7 Å². The number of hydrogen-bond acceptors (Lipinski definition) is 10. The molecule has 1 aromatic carbocycles. The highest BCUT2D eigenvalue weighted by Crippen LogP contribution is 2.39. The van der Waals surface area contributed by atoms with Gasteiger partial charge in [-0.25, -0.2) is 0 Å². The molecule has 7 N–H and O–H groups in total. The first-order valence-electron chi connectivity index (χ1n) is 19.2. The molecule has 0 aliphatic carbocycles. The number of nitrogens with two attached hydrogens (primary N) is 1. The van der Waals surface area contributed by atoms with Crippen LogP contribution in [0.3, 0.4) is 0 Å². The fourth-order valence-corrected chi connectivity index (χ4v) is 7.71. The minimum atomic E-state index is -1.20. The summed E-state index contributed by atoms with van der Waals surface area (Å²) in [5.41, 5.74) is 6.28. The third kappa shape index (κ3) is 20.9. The molecule has 0 radical (unpaired) electrons. The normalized spacial score (nSPS) is 14.0. The smallest absolute Gasteiger partial charge is 0.274 e. The highest BCUT2D eigenvalue weighted by molar-refractivity contribution is 8.77. The van der Waals surface area contributed by atoms with Crippen LogP contribution in [0.5, 0.6) is 0 Å². The van der Waals surface area contributed by atoms with E-state index in [1.165, 1.54) is 27.7 Å². The van der Waals surface area contributed by atoms with E-state index in [2.05, 4.69) is 88.8 Å². The number of benzene rings is 1. The summed E-state index contributed by atoms with van der Waals surface area (Å²) >= 11 is 0. The fourth-order valence-electron chi connectivity index (χ4n) is 4.88. The van der Waals surface area contributed by atoms with Crippen LogP contribution in [0.2, 0.25) is 0 Å². The molecule has 1 aromatic heterocycles. The molecule has 0 bridgehead atoms. The van der Waals surface area contributed by atoms with Crippen LogP contribution in [0.4, 0.5) is 0 Å². The number of carbonyl (C=O) groups is 4. The molecule has 0 aliphatic heterocycles. The molecule has 1 heterocycles. The van der Waals surface area contributed by atoms with Crippen molar-refractivity contribution in [1.82, 2.24) is 21.1 Å². The molecule has 0 spiro atoms. The Balaban J connectivity index is 1.81.